The molecule has 0 unspecified atom stereocenters. The number of aromatic nitrogens is 2. The third kappa shape index (κ3) is 2.63. The summed E-state index contributed by atoms with van der Waals surface area (Å²) in [6.07, 6.45) is 5.50. The minimum absolute atomic E-state index is 0.0169. The van der Waals surface area contributed by atoms with Crippen LogP contribution < -0.4 is 4.90 Å². The normalized spacial score (nSPS) is 22.4. The van der Waals surface area contributed by atoms with Crippen LogP contribution in [0.25, 0.3) is 0 Å². The zero-order valence-corrected chi connectivity index (χ0v) is 11.7. The van der Waals surface area contributed by atoms with E-state index in [2.05, 4.69) is 34.2 Å². The van der Waals surface area contributed by atoms with Gasteiger partial charge in [0, 0.05) is 13.1 Å². The molecule has 3 heterocycles. The lowest BCUT2D eigenvalue weighted by Crippen LogP contribution is -2.46. The number of rotatable bonds is 1. The molecule has 0 amide bonds. The van der Waals surface area contributed by atoms with Gasteiger partial charge in [0.05, 0.1) is 17.9 Å². The third-order valence-corrected chi connectivity index (χ3v) is 4.11. The second kappa shape index (κ2) is 4.93. The van der Waals surface area contributed by atoms with Gasteiger partial charge in [-0.3, -0.25) is 0 Å². The van der Waals surface area contributed by atoms with Gasteiger partial charge < -0.3 is 9.64 Å². The molecule has 0 aliphatic carbocycles. The smallest absolute Gasteiger partial charge is 0.151 e. The summed E-state index contributed by atoms with van der Waals surface area (Å²) in [7, 11) is 0. The Bertz CT molecular complexity index is 473. The molecule has 1 aromatic rings. The fourth-order valence-corrected chi connectivity index (χ4v) is 2.94. The second-order valence-corrected chi connectivity index (χ2v) is 5.67. The summed E-state index contributed by atoms with van der Waals surface area (Å²) < 4.78 is 6.04. The van der Waals surface area contributed by atoms with Gasteiger partial charge >= 0.3 is 0 Å². The van der Waals surface area contributed by atoms with Crippen molar-refractivity contribution < 1.29 is 4.74 Å². The van der Waals surface area contributed by atoms with Crippen molar-refractivity contribution in [1.29, 1.82) is 0 Å². The molecule has 2 aliphatic rings. The first-order valence-corrected chi connectivity index (χ1v) is 7.04. The standard InChI is InChI=1S/C15H21N3O/c1-12-5-10-19-15(11-12)6-8-18(9-7-15)14-4-3-13(2)16-17-14/h3-4,11H,5-10H2,1-2H3. The first-order valence-electron chi connectivity index (χ1n) is 7.04. The molecule has 102 valence electrons. The van der Waals surface area contributed by atoms with Crippen molar-refractivity contribution >= 4 is 5.82 Å². The molecule has 19 heavy (non-hydrogen) atoms. The van der Waals surface area contributed by atoms with Crippen LogP contribution in [-0.4, -0.2) is 35.5 Å². The molecule has 0 bridgehead atoms. The second-order valence-electron chi connectivity index (χ2n) is 5.67. The van der Waals surface area contributed by atoms with Crippen LogP contribution in [0.4, 0.5) is 5.82 Å². The summed E-state index contributed by atoms with van der Waals surface area (Å²) in [6, 6.07) is 4.08. The van der Waals surface area contributed by atoms with Gasteiger partial charge in [0.1, 0.15) is 0 Å². The van der Waals surface area contributed by atoms with Crippen LogP contribution in [0.2, 0.25) is 0 Å². The maximum atomic E-state index is 6.04. The highest BCUT2D eigenvalue weighted by atomic mass is 16.5. The molecule has 1 fully saturated rings. The average Bonchev–Trinajstić information content (AvgIpc) is 2.41. The van der Waals surface area contributed by atoms with Gasteiger partial charge in [0.2, 0.25) is 0 Å². The van der Waals surface area contributed by atoms with Crippen molar-refractivity contribution in [2.75, 3.05) is 24.6 Å². The maximum Gasteiger partial charge on any atom is 0.151 e. The first kappa shape index (κ1) is 12.6. The summed E-state index contributed by atoms with van der Waals surface area (Å²) in [4.78, 5) is 2.30. The van der Waals surface area contributed by atoms with E-state index in [0.29, 0.717) is 0 Å². The van der Waals surface area contributed by atoms with Crippen molar-refractivity contribution in [3.05, 3.63) is 29.5 Å². The Morgan fingerprint density at radius 2 is 1.95 bits per heavy atom. The van der Waals surface area contributed by atoms with Crippen LogP contribution in [0, 0.1) is 6.92 Å². The molecule has 0 aromatic carbocycles. The van der Waals surface area contributed by atoms with Crippen LogP contribution in [0.15, 0.2) is 23.8 Å². The Labute approximate surface area is 114 Å². The van der Waals surface area contributed by atoms with E-state index >= 15 is 0 Å². The highest BCUT2D eigenvalue weighted by molar-refractivity contribution is 5.38. The lowest BCUT2D eigenvalue weighted by atomic mass is 9.87. The number of hydrogen-bond acceptors (Lipinski definition) is 4. The molecular formula is C15H21N3O. The van der Waals surface area contributed by atoms with Crippen molar-refractivity contribution in [3.63, 3.8) is 0 Å². The van der Waals surface area contributed by atoms with Crippen LogP contribution >= 0.6 is 0 Å². The van der Waals surface area contributed by atoms with E-state index in [1.165, 1.54) is 5.57 Å². The number of ether oxygens (including phenoxy) is 1. The first-order chi connectivity index (χ1) is 9.17. The molecule has 0 atom stereocenters. The molecule has 2 aliphatic heterocycles. The van der Waals surface area contributed by atoms with E-state index in [9.17, 15) is 0 Å². The van der Waals surface area contributed by atoms with E-state index in [4.69, 9.17) is 4.74 Å². The van der Waals surface area contributed by atoms with Gasteiger partial charge in [-0.05, 0) is 45.2 Å². The molecule has 4 nitrogen and oxygen atoms in total. The lowest BCUT2D eigenvalue weighted by molar-refractivity contribution is -0.0326. The van der Waals surface area contributed by atoms with Crippen LogP contribution in [0.3, 0.4) is 0 Å². The Balaban J connectivity index is 1.69. The Morgan fingerprint density at radius 3 is 2.58 bits per heavy atom. The van der Waals surface area contributed by atoms with Crippen LogP contribution in [-0.2, 0) is 4.74 Å². The predicted molar refractivity (Wildman–Crippen MR) is 75.3 cm³/mol. The quantitative estimate of drug-likeness (QED) is 0.726. The zero-order chi connectivity index (χ0) is 13.3. The fraction of sp³-hybridized carbons (Fsp3) is 0.600. The molecule has 1 saturated heterocycles. The summed E-state index contributed by atoms with van der Waals surface area (Å²) in [5, 5.41) is 8.41. The molecule has 3 rings (SSSR count). The third-order valence-electron chi connectivity index (χ3n) is 4.11. The monoisotopic (exact) mass is 259 g/mol. The van der Waals surface area contributed by atoms with Crippen molar-refractivity contribution in [3.8, 4) is 0 Å². The van der Waals surface area contributed by atoms with Crippen molar-refractivity contribution in [1.82, 2.24) is 10.2 Å². The Hall–Kier alpha value is -1.42. The van der Waals surface area contributed by atoms with Gasteiger partial charge in [-0.1, -0.05) is 11.6 Å². The molecule has 1 aromatic heterocycles. The molecule has 1 spiro atoms. The van der Waals surface area contributed by atoms with E-state index in [1.807, 2.05) is 13.0 Å². The molecule has 0 saturated carbocycles. The largest absolute Gasteiger partial charge is 0.370 e. The number of aryl methyl sites for hydroxylation is 1. The SMILES string of the molecule is CC1=CC2(CCN(c3ccc(C)nn3)CC2)OCC1. The average molecular weight is 259 g/mol. The fourth-order valence-electron chi connectivity index (χ4n) is 2.94. The number of piperidine rings is 1. The predicted octanol–water partition coefficient (Wildman–Crippen LogP) is 2.49. The maximum absolute atomic E-state index is 6.04. The number of nitrogens with zero attached hydrogens (tertiary/aromatic N) is 3. The molecule has 0 N–H and O–H groups in total. The van der Waals surface area contributed by atoms with Crippen molar-refractivity contribution in [2.45, 2.75) is 38.7 Å². The van der Waals surface area contributed by atoms with Crippen LogP contribution in [0.5, 0.6) is 0 Å². The lowest BCUT2D eigenvalue weighted by Gasteiger charge is -2.42. The van der Waals surface area contributed by atoms with Gasteiger partial charge in [-0.2, -0.15) is 5.10 Å². The molecule has 0 radical (unpaired) electrons. The number of hydrogen-bond donors (Lipinski definition) is 0. The van der Waals surface area contributed by atoms with Gasteiger partial charge in [0.15, 0.2) is 5.82 Å². The summed E-state index contributed by atoms with van der Waals surface area (Å²) in [6.45, 7) is 7.02. The highest BCUT2D eigenvalue weighted by Crippen LogP contribution is 2.33. The molecular weight excluding hydrogens is 238 g/mol. The van der Waals surface area contributed by atoms with E-state index in [-0.39, 0.29) is 5.60 Å². The van der Waals surface area contributed by atoms with Gasteiger partial charge in [-0.25, -0.2) is 0 Å². The van der Waals surface area contributed by atoms with Gasteiger partial charge in [-0.15, -0.1) is 5.10 Å². The number of anilines is 1. The van der Waals surface area contributed by atoms with E-state index < -0.39 is 0 Å². The van der Waals surface area contributed by atoms with Gasteiger partial charge in [0.25, 0.3) is 0 Å². The summed E-state index contributed by atoms with van der Waals surface area (Å²) in [5.41, 5.74) is 2.41. The molecule has 4 heteroatoms. The van der Waals surface area contributed by atoms with Crippen LogP contribution in [0.1, 0.15) is 31.9 Å². The minimum Gasteiger partial charge on any atom is -0.370 e. The van der Waals surface area contributed by atoms with E-state index in [0.717, 1.165) is 50.5 Å². The topological polar surface area (TPSA) is 38.2 Å². The summed E-state index contributed by atoms with van der Waals surface area (Å²) in [5.74, 6) is 0.983. The zero-order valence-electron chi connectivity index (χ0n) is 11.7. The van der Waals surface area contributed by atoms with Crippen molar-refractivity contribution in [2.24, 2.45) is 0 Å². The Kier molecular flexibility index (Phi) is 3.27. The van der Waals surface area contributed by atoms with E-state index in [1.54, 1.807) is 0 Å². The summed E-state index contributed by atoms with van der Waals surface area (Å²) >= 11 is 0. The highest BCUT2D eigenvalue weighted by Gasteiger charge is 2.35. The Morgan fingerprint density at radius 1 is 1.16 bits per heavy atom. The minimum atomic E-state index is -0.0169.